The molecule has 1 aromatic carbocycles. The molecule has 1 fully saturated rings. The minimum absolute atomic E-state index is 0.228. The van der Waals surface area contributed by atoms with Crippen molar-refractivity contribution >= 4 is 23.7 Å². The van der Waals surface area contributed by atoms with E-state index in [-0.39, 0.29) is 11.9 Å². The molecule has 1 aromatic heterocycles. The first kappa shape index (κ1) is 17.3. The average molecular weight is 361 g/mol. The van der Waals surface area contributed by atoms with Gasteiger partial charge in [-0.15, -0.1) is 10.2 Å². The summed E-state index contributed by atoms with van der Waals surface area (Å²) in [6.07, 6.45) is 0. The second-order valence-electron chi connectivity index (χ2n) is 5.58. The summed E-state index contributed by atoms with van der Waals surface area (Å²) >= 11 is 1.28. The van der Waals surface area contributed by atoms with Gasteiger partial charge >= 0.3 is 6.03 Å². The Kier molecular flexibility index (Phi) is 4.93. The number of imide groups is 1. The molecule has 9 heteroatoms. The predicted octanol–water partition coefficient (Wildman–Crippen LogP) is 1.52. The number of carbonyl (C=O) groups excluding carboxylic acids is 2. The van der Waals surface area contributed by atoms with Gasteiger partial charge in [0.05, 0.1) is 12.4 Å². The van der Waals surface area contributed by atoms with E-state index in [0.717, 1.165) is 11.3 Å². The number of methoxy groups -OCH3 is 1. The Hall–Kier alpha value is -2.55. The van der Waals surface area contributed by atoms with Crippen LogP contribution in [0.25, 0.3) is 11.4 Å². The van der Waals surface area contributed by atoms with Crippen LogP contribution in [-0.2, 0) is 11.8 Å². The molecule has 1 saturated heterocycles. The summed E-state index contributed by atoms with van der Waals surface area (Å²) in [5.41, 5.74) is 0.903. The zero-order chi connectivity index (χ0) is 18.0. The van der Waals surface area contributed by atoms with Crippen molar-refractivity contribution in [2.45, 2.75) is 17.3 Å². The highest BCUT2D eigenvalue weighted by molar-refractivity contribution is 8.00. The molecule has 0 unspecified atom stereocenters. The fourth-order valence-corrected chi connectivity index (χ4v) is 3.40. The number of rotatable bonds is 5. The largest absolute Gasteiger partial charge is 0.497 e. The number of hydrogen-bond acceptors (Lipinski definition) is 6. The minimum Gasteiger partial charge on any atom is -0.497 e. The zero-order valence-corrected chi connectivity index (χ0v) is 15.0. The molecular weight excluding hydrogens is 342 g/mol. The van der Waals surface area contributed by atoms with Gasteiger partial charge in [-0.1, -0.05) is 11.8 Å². The number of hydrogen-bond donors (Lipinski definition) is 1. The van der Waals surface area contributed by atoms with E-state index in [2.05, 4.69) is 15.5 Å². The fraction of sp³-hybridized carbons (Fsp3) is 0.375. The van der Waals surface area contributed by atoms with Crippen LogP contribution < -0.4 is 10.1 Å². The van der Waals surface area contributed by atoms with Crippen LogP contribution in [0.15, 0.2) is 29.4 Å². The van der Waals surface area contributed by atoms with Gasteiger partial charge in [0.15, 0.2) is 11.0 Å². The lowest BCUT2D eigenvalue weighted by Crippen LogP contribution is -2.39. The Bertz CT molecular complexity index is 790. The molecule has 3 amide bonds. The highest BCUT2D eigenvalue weighted by atomic mass is 32.2. The predicted molar refractivity (Wildman–Crippen MR) is 93.4 cm³/mol. The molecule has 8 nitrogen and oxygen atoms in total. The molecule has 1 aliphatic heterocycles. The van der Waals surface area contributed by atoms with Crippen molar-refractivity contribution in [3.8, 4) is 17.1 Å². The SMILES string of the molecule is COc1ccc(-c2nnc(S[C@H](C)C(=O)N3CCNC3=O)n2C)cc1. The molecule has 25 heavy (non-hydrogen) atoms. The summed E-state index contributed by atoms with van der Waals surface area (Å²) in [5.74, 6) is 1.24. The molecular formula is C16H19N5O3S. The molecule has 1 aliphatic rings. The first-order valence-corrected chi connectivity index (χ1v) is 8.69. The van der Waals surface area contributed by atoms with Crippen LogP contribution in [0, 0.1) is 0 Å². The summed E-state index contributed by atoms with van der Waals surface area (Å²) in [6, 6.07) is 7.18. The number of aromatic nitrogens is 3. The molecule has 0 aliphatic carbocycles. The topological polar surface area (TPSA) is 89.4 Å². The normalized spacial score (nSPS) is 15.2. The highest BCUT2D eigenvalue weighted by Gasteiger charge is 2.31. The van der Waals surface area contributed by atoms with Gasteiger partial charge in [-0.05, 0) is 31.2 Å². The molecule has 1 N–H and O–H groups in total. The maximum atomic E-state index is 12.4. The van der Waals surface area contributed by atoms with Crippen molar-refractivity contribution < 1.29 is 14.3 Å². The van der Waals surface area contributed by atoms with Crippen LogP contribution in [0.3, 0.4) is 0 Å². The lowest BCUT2D eigenvalue weighted by atomic mass is 10.2. The smallest absolute Gasteiger partial charge is 0.324 e. The molecule has 132 valence electrons. The standard InChI is InChI=1S/C16H19N5O3S/c1-10(14(22)21-9-8-17-15(21)23)25-16-19-18-13(20(16)2)11-4-6-12(24-3)7-5-11/h4-7,10H,8-9H2,1-3H3,(H,17,23)/t10-/m1/s1. The second-order valence-corrected chi connectivity index (χ2v) is 6.88. The monoisotopic (exact) mass is 361 g/mol. The molecule has 1 atom stereocenters. The van der Waals surface area contributed by atoms with E-state index in [4.69, 9.17) is 4.74 Å². The van der Waals surface area contributed by atoms with Gasteiger partial charge in [0, 0.05) is 25.7 Å². The van der Waals surface area contributed by atoms with Gasteiger partial charge in [0.2, 0.25) is 5.91 Å². The van der Waals surface area contributed by atoms with E-state index in [0.29, 0.717) is 24.1 Å². The molecule has 2 heterocycles. The zero-order valence-electron chi connectivity index (χ0n) is 14.2. The van der Waals surface area contributed by atoms with Crippen molar-refractivity contribution in [1.29, 1.82) is 0 Å². The average Bonchev–Trinajstić information content (AvgIpc) is 3.20. The van der Waals surface area contributed by atoms with Crippen molar-refractivity contribution in [1.82, 2.24) is 25.0 Å². The third-order valence-electron chi connectivity index (χ3n) is 3.94. The Morgan fingerprint density at radius 2 is 2.04 bits per heavy atom. The summed E-state index contributed by atoms with van der Waals surface area (Å²) in [5, 5.41) is 11.2. The van der Waals surface area contributed by atoms with Gasteiger partial charge in [-0.2, -0.15) is 0 Å². The van der Waals surface area contributed by atoms with Gasteiger partial charge in [0.25, 0.3) is 0 Å². The highest BCUT2D eigenvalue weighted by Crippen LogP contribution is 2.27. The first-order chi connectivity index (χ1) is 12.0. The summed E-state index contributed by atoms with van der Waals surface area (Å²) in [4.78, 5) is 25.2. The van der Waals surface area contributed by atoms with Crippen LogP contribution in [0.1, 0.15) is 6.92 Å². The number of nitrogens with zero attached hydrogens (tertiary/aromatic N) is 4. The summed E-state index contributed by atoms with van der Waals surface area (Å²) < 4.78 is 6.99. The van der Waals surface area contributed by atoms with Crippen LogP contribution >= 0.6 is 11.8 Å². The van der Waals surface area contributed by atoms with E-state index < -0.39 is 5.25 Å². The number of benzene rings is 1. The number of carbonyl (C=O) groups is 2. The third kappa shape index (κ3) is 3.46. The number of thioether (sulfide) groups is 1. The molecule has 0 radical (unpaired) electrons. The van der Waals surface area contributed by atoms with Crippen LogP contribution in [0.2, 0.25) is 0 Å². The van der Waals surface area contributed by atoms with Crippen LogP contribution in [0.5, 0.6) is 5.75 Å². The summed E-state index contributed by atoms with van der Waals surface area (Å²) in [7, 11) is 3.47. The quantitative estimate of drug-likeness (QED) is 0.812. The van der Waals surface area contributed by atoms with Crippen molar-refractivity contribution in [3.63, 3.8) is 0 Å². The molecule has 0 saturated carbocycles. The minimum atomic E-state index is -0.435. The Labute approximate surface area is 149 Å². The molecule has 0 bridgehead atoms. The van der Waals surface area contributed by atoms with Gasteiger partial charge in [0.1, 0.15) is 5.75 Å². The van der Waals surface area contributed by atoms with Crippen molar-refractivity contribution in [2.75, 3.05) is 20.2 Å². The second kappa shape index (κ2) is 7.14. The van der Waals surface area contributed by atoms with E-state index >= 15 is 0 Å². The number of ether oxygens (including phenoxy) is 1. The van der Waals surface area contributed by atoms with Gasteiger partial charge < -0.3 is 14.6 Å². The van der Waals surface area contributed by atoms with E-state index in [1.807, 2.05) is 35.9 Å². The Morgan fingerprint density at radius 3 is 2.64 bits per heavy atom. The molecule has 0 spiro atoms. The molecule has 2 aromatic rings. The van der Waals surface area contributed by atoms with Gasteiger partial charge in [-0.25, -0.2) is 4.79 Å². The summed E-state index contributed by atoms with van der Waals surface area (Å²) in [6.45, 7) is 2.66. The lowest BCUT2D eigenvalue weighted by molar-refractivity contribution is -0.126. The Morgan fingerprint density at radius 1 is 1.32 bits per heavy atom. The van der Waals surface area contributed by atoms with E-state index in [1.165, 1.54) is 16.7 Å². The molecule has 3 rings (SSSR count). The van der Waals surface area contributed by atoms with Crippen molar-refractivity contribution in [2.24, 2.45) is 7.05 Å². The number of nitrogens with one attached hydrogen (secondary N) is 1. The van der Waals surface area contributed by atoms with E-state index in [1.54, 1.807) is 14.0 Å². The fourth-order valence-electron chi connectivity index (χ4n) is 2.52. The lowest BCUT2D eigenvalue weighted by Gasteiger charge is -2.16. The first-order valence-electron chi connectivity index (χ1n) is 7.81. The number of urea groups is 1. The Balaban J connectivity index is 1.74. The van der Waals surface area contributed by atoms with Crippen LogP contribution in [0.4, 0.5) is 4.79 Å². The number of amides is 3. The maximum absolute atomic E-state index is 12.4. The third-order valence-corrected chi connectivity index (χ3v) is 5.06. The van der Waals surface area contributed by atoms with E-state index in [9.17, 15) is 9.59 Å². The maximum Gasteiger partial charge on any atom is 0.324 e. The van der Waals surface area contributed by atoms with Gasteiger partial charge in [-0.3, -0.25) is 9.69 Å². The van der Waals surface area contributed by atoms with Crippen molar-refractivity contribution in [3.05, 3.63) is 24.3 Å². The van der Waals surface area contributed by atoms with Crippen LogP contribution in [-0.4, -0.2) is 57.1 Å².